The molecule has 27 heavy (non-hydrogen) atoms. The Hall–Kier alpha value is -2.87. The van der Waals surface area contributed by atoms with Crippen molar-refractivity contribution in [3.63, 3.8) is 0 Å². The fraction of sp³-hybridized carbons (Fsp3) is 0.421. The number of fused-ring (bicyclic) bond motifs is 1. The summed E-state index contributed by atoms with van der Waals surface area (Å²) in [6.07, 6.45) is 3.29. The first kappa shape index (κ1) is 18.9. The number of carbonyl (C=O) groups is 1. The van der Waals surface area contributed by atoms with Crippen molar-refractivity contribution >= 4 is 11.6 Å². The molecule has 3 heterocycles. The lowest BCUT2D eigenvalue weighted by Crippen LogP contribution is -2.36. The molecule has 0 aliphatic rings. The smallest absolute Gasteiger partial charge is 0.294 e. The first-order valence-electron chi connectivity index (χ1n) is 8.68. The van der Waals surface area contributed by atoms with Crippen molar-refractivity contribution in [2.75, 3.05) is 13.2 Å². The highest BCUT2D eigenvalue weighted by Gasteiger charge is 2.21. The van der Waals surface area contributed by atoms with Gasteiger partial charge < -0.3 is 19.4 Å². The number of aryl methyl sites for hydroxylation is 2. The number of nitrogens with zero attached hydrogens (tertiary/aromatic N) is 3. The summed E-state index contributed by atoms with van der Waals surface area (Å²) in [5.41, 5.74) is 1.07. The third kappa shape index (κ3) is 3.52. The summed E-state index contributed by atoms with van der Waals surface area (Å²) in [5, 5.41) is 12.0. The zero-order chi connectivity index (χ0) is 19.9. The molecule has 0 aromatic carbocycles. The van der Waals surface area contributed by atoms with E-state index in [1.165, 1.54) is 10.8 Å². The van der Waals surface area contributed by atoms with Gasteiger partial charge in [-0.25, -0.2) is 4.98 Å². The van der Waals surface area contributed by atoms with Crippen LogP contribution in [0.3, 0.4) is 0 Å². The first-order chi connectivity index (χ1) is 12.6. The van der Waals surface area contributed by atoms with Gasteiger partial charge in [-0.3, -0.25) is 14.0 Å². The number of nitrogens with one attached hydrogen (secondary N) is 1. The third-order valence-electron chi connectivity index (χ3n) is 4.56. The van der Waals surface area contributed by atoms with Crippen molar-refractivity contribution in [1.82, 2.24) is 19.3 Å². The molecule has 2 N–H and O–H groups in total. The van der Waals surface area contributed by atoms with E-state index in [0.717, 1.165) is 11.3 Å². The van der Waals surface area contributed by atoms with Gasteiger partial charge in [-0.05, 0) is 19.9 Å². The zero-order valence-corrected chi connectivity index (χ0v) is 16.2. The van der Waals surface area contributed by atoms with Crippen molar-refractivity contribution in [2.24, 2.45) is 12.5 Å². The SMILES string of the molecule is Cc1cc(-c2cn3cc(C(=O)NCC(C)(C)CO)nc3c(=O)n2C)c(C)o1. The highest BCUT2D eigenvalue weighted by Crippen LogP contribution is 2.25. The monoisotopic (exact) mass is 372 g/mol. The van der Waals surface area contributed by atoms with Crippen LogP contribution in [0.15, 0.2) is 27.7 Å². The average Bonchev–Trinajstić information content (AvgIpc) is 3.19. The van der Waals surface area contributed by atoms with E-state index in [1.807, 2.05) is 33.8 Å². The molecule has 0 bridgehead atoms. The minimum Gasteiger partial charge on any atom is -0.466 e. The molecule has 0 spiro atoms. The fourth-order valence-electron chi connectivity index (χ4n) is 2.84. The number of aliphatic hydroxyl groups is 1. The minimum absolute atomic E-state index is 0.0498. The van der Waals surface area contributed by atoms with Gasteiger partial charge in [0.1, 0.15) is 17.2 Å². The van der Waals surface area contributed by atoms with Gasteiger partial charge in [0, 0.05) is 43.6 Å². The molecule has 8 heteroatoms. The van der Waals surface area contributed by atoms with Crippen LogP contribution in [-0.2, 0) is 7.05 Å². The van der Waals surface area contributed by atoms with E-state index in [2.05, 4.69) is 10.3 Å². The van der Waals surface area contributed by atoms with Crippen LogP contribution >= 0.6 is 0 Å². The Morgan fingerprint density at radius 2 is 2.04 bits per heavy atom. The Morgan fingerprint density at radius 1 is 1.33 bits per heavy atom. The topological polar surface area (TPSA) is 102 Å². The highest BCUT2D eigenvalue weighted by molar-refractivity contribution is 5.92. The van der Waals surface area contributed by atoms with E-state index in [4.69, 9.17) is 4.42 Å². The summed E-state index contributed by atoms with van der Waals surface area (Å²) in [7, 11) is 1.66. The lowest BCUT2D eigenvalue weighted by Gasteiger charge is -2.21. The molecule has 8 nitrogen and oxygen atoms in total. The number of imidazole rings is 1. The van der Waals surface area contributed by atoms with Crippen LogP contribution in [0.2, 0.25) is 0 Å². The summed E-state index contributed by atoms with van der Waals surface area (Å²) in [6.45, 7) is 7.62. The van der Waals surface area contributed by atoms with Crippen molar-refractivity contribution in [3.8, 4) is 11.3 Å². The molecule has 0 radical (unpaired) electrons. The number of carbonyl (C=O) groups excluding carboxylic acids is 1. The third-order valence-corrected chi connectivity index (χ3v) is 4.56. The van der Waals surface area contributed by atoms with Crippen molar-refractivity contribution in [3.05, 3.63) is 46.0 Å². The molecule has 144 valence electrons. The summed E-state index contributed by atoms with van der Waals surface area (Å²) >= 11 is 0. The van der Waals surface area contributed by atoms with Crippen LogP contribution in [0, 0.1) is 19.3 Å². The van der Waals surface area contributed by atoms with Gasteiger partial charge in [-0.1, -0.05) is 13.8 Å². The number of furan rings is 1. The van der Waals surface area contributed by atoms with Crippen molar-refractivity contribution in [1.29, 1.82) is 0 Å². The lowest BCUT2D eigenvalue weighted by molar-refractivity contribution is 0.0906. The van der Waals surface area contributed by atoms with E-state index in [1.54, 1.807) is 17.6 Å². The molecular formula is C19H24N4O4. The Bertz CT molecular complexity index is 1070. The molecule has 0 saturated heterocycles. The van der Waals surface area contributed by atoms with Gasteiger partial charge in [-0.2, -0.15) is 0 Å². The molecule has 0 atom stereocenters. The number of rotatable bonds is 5. The van der Waals surface area contributed by atoms with Crippen LogP contribution < -0.4 is 10.9 Å². The summed E-state index contributed by atoms with van der Waals surface area (Å²) in [5.74, 6) is 1.08. The molecule has 0 aliphatic heterocycles. The second-order valence-electron chi connectivity index (χ2n) is 7.57. The summed E-state index contributed by atoms with van der Waals surface area (Å²) in [4.78, 5) is 29.3. The van der Waals surface area contributed by atoms with Crippen LogP contribution in [0.4, 0.5) is 0 Å². The maximum atomic E-state index is 12.7. The largest absolute Gasteiger partial charge is 0.466 e. The molecule has 3 rings (SSSR count). The molecule has 0 aliphatic carbocycles. The van der Waals surface area contributed by atoms with Gasteiger partial charge in [0.15, 0.2) is 0 Å². The van der Waals surface area contributed by atoms with Crippen LogP contribution in [0.5, 0.6) is 0 Å². The number of aliphatic hydroxyl groups excluding tert-OH is 1. The molecule has 3 aromatic rings. The van der Waals surface area contributed by atoms with Crippen molar-refractivity contribution < 1.29 is 14.3 Å². The molecule has 0 saturated carbocycles. The van der Waals surface area contributed by atoms with Gasteiger partial charge >= 0.3 is 0 Å². The Morgan fingerprint density at radius 3 is 2.63 bits per heavy atom. The first-order valence-corrected chi connectivity index (χ1v) is 8.68. The Labute approximate surface area is 156 Å². The van der Waals surface area contributed by atoms with Crippen molar-refractivity contribution in [2.45, 2.75) is 27.7 Å². The number of aromatic nitrogens is 3. The van der Waals surface area contributed by atoms with Gasteiger partial charge in [0.25, 0.3) is 11.5 Å². The maximum absolute atomic E-state index is 12.7. The fourth-order valence-corrected chi connectivity index (χ4v) is 2.84. The molecular weight excluding hydrogens is 348 g/mol. The van der Waals surface area contributed by atoms with E-state index >= 15 is 0 Å². The highest BCUT2D eigenvalue weighted by atomic mass is 16.3. The van der Waals surface area contributed by atoms with E-state index < -0.39 is 5.41 Å². The number of hydrogen-bond donors (Lipinski definition) is 2. The predicted octanol–water partition coefficient (Wildman–Crippen LogP) is 1.66. The molecule has 0 unspecified atom stereocenters. The molecule has 0 fully saturated rings. The summed E-state index contributed by atoms with van der Waals surface area (Å²) < 4.78 is 8.63. The lowest BCUT2D eigenvalue weighted by atomic mass is 9.95. The average molecular weight is 372 g/mol. The summed E-state index contributed by atoms with van der Waals surface area (Å²) in [6, 6.07) is 1.87. The Kier molecular flexibility index (Phi) is 4.69. The van der Waals surface area contributed by atoms with E-state index in [9.17, 15) is 14.7 Å². The standard InChI is InChI=1S/C19H24N4O4/c1-11-6-13(12(2)27-11)15-8-23-7-14(21-16(23)18(26)22(15)5)17(25)20-9-19(3,4)10-24/h6-8,24H,9-10H2,1-5H3,(H,20,25). The van der Waals surface area contributed by atoms with Gasteiger partial charge in [-0.15, -0.1) is 0 Å². The van der Waals surface area contributed by atoms with Crippen LogP contribution in [0.25, 0.3) is 16.9 Å². The Balaban J connectivity index is 2.01. The van der Waals surface area contributed by atoms with Crippen LogP contribution in [-0.4, -0.2) is 38.1 Å². The van der Waals surface area contributed by atoms with Crippen LogP contribution in [0.1, 0.15) is 35.9 Å². The predicted molar refractivity (Wildman–Crippen MR) is 101 cm³/mol. The van der Waals surface area contributed by atoms with E-state index in [0.29, 0.717) is 18.0 Å². The molecule has 3 aromatic heterocycles. The second-order valence-corrected chi connectivity index (χ2v) is 7.57. The zero-order valence-electron chi connectivity index (χ0n) is 16.2. The number of hydrogen-bond acceptors (Lipinski definition) is 5. The maximum Gasteiger partial charge on any atom is 0.294 e. The molecule has 1 amide bonds. The number of amides is 1. The van der Waals surface area contributed by atoms with E-state index in [-0.39, 0.29) is 29.4 Å². The normalized spacial score (nSPS) is 11.9. The van der Waals surface area contributed by atoms with Gasteiger partial charge in [0.05, 0.1) is 5.69 Å². The second kappa shape index (κ2) is 6.70. The van der Waals surface area contributed by atoms with Gasteiger partial charge in [0.2, 0.25) is 5.65 Å². The minimum atomic E-state index is -0.436. The quantitative estimate of drug-likeness (QED) is 0.709.